The summed E-state index contributed by atoms with van der Waals surface area (Å²) >= 11 is 0. The Hall–Kier alpha value is -6.59. The summed E-state index contributed by atoms with van der Waals surface area (Å²) in [7, 11) is 0. The van der Waals surface area contributed by atoms with Crippen molar-refractivity contribution < 1.29 is 8.83 Å². The quantitative estimate of drug-likeness (QED) is 0.187. The maximum atomic E-state index is 6.58. The SMILES string of the molecule is C1=CCCC(c2nc(-c3cc4ccccc4c4c3C=CCC4)nc(-c3cccc4oc5cccc(-c6ccc7oc8ccccc8c7c6)c5c34)n2)=C1. The number of nitrogens with zero attached hydrogens (tertiary/aromatic N) is 3. The van der Waals surface area contributed by atoms with Crippen LogP contribution in [0.4, 0.5) is 0 Å². The molecule has 0 fully saturated rings. The van der Waals surface area contributed by atoms with E-state index < -0.39 is 0 Å². The number of hydrogen-bond acceptors (Lipinski definition) is 5. The molecule has 0 aliphatic heterocycles. The molecule has 0 N–H and O–H groups in total. The van der Waals surface area contributed by atoms with Gasteiger partial charge in [0.1, 0.15) is 22.3 Å². The van der Waals surface area contributed by atoms with Crippen molar-refractivity contribution in [3.63, 3.8) is 0 Å². The molecular weight excluding hydrogens is 639 g/mol. The predicted octanol–water partition coefficient (Wildman–Crippen LogP) is 12.5. The Morgan fingerprint density at radius 3 is 2.06 bits per heavy atom. The van der Waals surface area contributed by atoms with Gasteiger partial charge in [0.05, 0.1) is 0 Å². The summed E-state index contributed by atoms with van der Waals surface area (Å²) in [6, 6.07) is 38.0. The number of furan rings is 2. The van der Waals surface area contributed by atoms with Gasteiger partial charge >= 0.3 is 0 Å². The molecule has 0 atom stereocenters. The van der Waals surface area contributed by atoms with Gasteiger partial charge in [0.25, 0.3) is 0 Å². The molecular formula is C47H31N3O2. The van der Waals surface area contributed by atoms with Gasteiger partial charge in [-0.2, -0.15) is 0 Å². The molecule has 0 spiro atoms. The highest BCUT2D eigenvalue weighted by Crippen LogP contribution is 2.43. The van der Waals surface area contributed by atoms with Gasteiger partial charge in [0, 0.05) is 32.7 Å². The Morgan fingerprint density at radius 1 is 0.500 bits per heavy atom. The highest BCUT2D eigenvalue weighted by atomic mass is 16.3. The maximum Gasteiger partial charge on any atom is 0.164 e. The van der Waals surface area contributed by atoms with E-state index in [-0.39, 0.29) is 0 Å². The molecule has 0 saturated carbocycles. The first-order valence-electron chi connectivity index (χ1n) is 18.0. The summed E-state index contributed by atoms with van der Waals surface area (Å²) < 4.78 is 12.8. The molecule has 0 radical (unpaired) electrons. The normalized spacial score (nSPS) is 14.2. The molecule has 11 rings (SSSR count). The molecule has 3 aromatic heterocycles. The second-order valence-corrected chi connectivity index (χ2v) is 13.7. The van der Waals surface area contributed by atoms with E-state index in [0.717, 1.165) is 97.4 Å². The summed E-state index contributed by atoms with van der Waals surface area (Å²) in [6.45, 7) is 0. The minimum absolute atomic E-state index is 0.636. The molecule has 6 aromatic carbocycles. The highest BCUT2D eigenvalue weighted by molar-refractivity contribution is 6.18. The molecule has 0 unspecified atom stereocenters. The van der Waals surface area contributed by atoms with E-state index >= 15 is 0 Å². The monoisotopic (exact) mass is 669 g/mol. The van der Waals surface area contributed by atoms with Gasteiger partial charge in [0.2, 0.25) is 0 Å². The third-order valence-electron chi connectivity index (χ3n) is 10.7. The molecule has 2 aliphatic carbocycles. The first-order valence-corrected chi connectivity index (χ1v) is 18.0. The fraction of sp³-hybridized carbons (Fsp3) is 0.0851. The van der Waals surface area contributed by atoms with Crippen LogP contribution < -0.4 is 0 Å². The third kappa shape index (κ3) is 4.52. The van der Waals surface area contributed by atoms with Crippen molar-refractivity contribution in [1.82, 2.24) is 15.0 Å². The Balaban J connectivity index is 1.17. The van der Waals surface area contributed by atoms with Crippen LogP contribution in [0.1, 0.15) is 36.2 Å². The van der Waals surface area contributed by atoms with E-state index in [1.165, 1.54) is 21.9 Å². The second kappa shape index (κ2) is 11.5. The lowest BCUT2D eigenvalue weighted by Crippen LogP contribution is -2.06. The number of fused-ring (bicyclic) bond motifs is 9. The van der Waals surface area contributed by atoms with Crippen LogP contribution in [0.3, 0.4) is 0 Å². The van der Waals surface area contributed by atoms with Gasteiger partial charge in [-0.25, -0.2) is 15.0 Å². The molecule has 5 nitrogen and oxygen atoms in total. The Labute approximate surface area is 299 Å². The van der Waals surface area contributed by atoms with Crippen LogP contribution in [0, 0.1) is 0 Å². The van der Waals surface area contributed by atoms with Crippen molar-refractivity contribution in [1.29, 1.82) is 0 Å². The van der Waals surface area contributed by atoms with Crippen LogP contribution in [-0.2, 0) is 6.42 Å². The number of aromatic nitrogens is 3. The van der Waals surface area contributed by atoms with Crippen LogP contribution in [0.25, 0.3) is 100 Å². The van der Waals surface area contributed by atoms with E-state index in [9.17, 15) is 0 Å². The number of allylic oxidation sites excluding steroid dienone is 5. The second-order valence-electron chi connectivity index (χ2n) is 13.7. The number of benzene rings is 6. The van der Waals surface area contributed by atoms with Crippen LogP contribution in [0.15, 0.2) is 142 Å². The number of hydrogen-bond donors (Lipinski definition) is 0. The van der Waals surface area contributed by atoms with Crippen molar-refractivity contribution in [2.24, 2.45) is 0 Å². The topological polar surface area (TPSA) is 65.0 Å². The van der Waals surface area contributed by atoms with Crippen molar-refractivity contribution in [3.05, 3.63) is 150 Å². The molecule has 246 valence electrons. The Bertz CT molecular complexity index is 3030. The van der Waals surface area contributed by atoms with E-state index in [4.69, 9.17) is 23.8 Å². The molecule has 0 bridgehead atoms. The van der Waals surface area contributed by atoms with E-state index in [1.54, 1.807) is 0 Å². The number of rotatable bonds is 4. The lowest BCUT2D eigenvalue weighted by Gasteiger charge is -2.19. The zero-order valence-electron chi connectivity index (χ0n) is 28.3. The van der Waals surface area contributed by atoms with Crippen molar-refractivity contribution in [3.8, 4) is 33.9 Å². The van der Waals surface area contributed by atoms with Gasteiger partial charge < -0.3 is 8.83 Å². The summed E-state index contributed by atoms with van der Waals surface area (Å²) in [5.74, 6) is 2.04. The van der Waals surface area contributed by atoms with Gasteiger partial charge in [-0.3, -0.25) is 0 Å². The van der Waals surface area contributed by atoms with Gasteiger partial charge in [-0.05, 0) is 101 Å². The van der Waals surface area contributed by atoms with E-state index in [0.29, 0.717) is 17.5 Å². The van der Waals surface area contributed by atoms with E-state index in [1.807, 2.05) is 30.3 Å². The van der Waals surface area contributed by atoms with Gasteiger partial charge in [-0.15, -0.1) is 0 Å². The predicted molar refractivity (Wildman–Crippen MR) is 212 cm³/mol. The van der Waals surface area contributed by atoms with Crippen LogP contribution in [0.5, 0.6) is 0 Å². The summed E-state index contributed by atoms with van der Waals surface area (Å²) in [4.78, 5) is 15.8. The van der Waals surface area contributed by atoms with E-state index in [2.05, 4.69) is 109 Å². The molecule has 9 aromatic rings. The molecule has 2 aliphatic rings. The highest BCUT2D eigenvalue weighted by Gasteiger charge is 2.23. The lowest BCUT2D eigenvalue weighted by atomic mass is 9.88. The minimum Gasteiger partial charge on any atom is -0.456 e. The largest absolute Gasteiger partial charge is 0.456 e. The van der Waals surface area contributed by atoms with Crippen LogP contribution >= 0.6 is 0 Å². The van der Waals surface area contributed by atoms with Crippen LogP contribution in [-0.4, -0.2) is 15.0 Å². The molecule has 0 amide bonds. The van der Waals surface area contributed by atoms with Crippen LogP contribution in [0.2, 0.25) is 0 Å². The molecule has 52 heavy (non-hydrogen) atoms. The first kappa shape index (κ1) is 29.2. The van der Waals surface area contributed by atoms with Gasteiger partial charge in [0.15, 0.2) is 17.5 Å². The Kier molecular flexibility index (Phi) is 6.44. The molecule has 3 heterocycles. The smallest absolute Gasteiger partial charge is 0.164 e. The zero-order valence-corrected chi connectivity index (χ0v) is 28.3. The van der Waals surface area contributed by atoms with Gasteiger partial charge in [-0.1, -0.05) is 103 Å². The average molecular weight is 670 g/mol. The maximum absolute atomic E-state index is 6.58. The summed E-state index contributed by atoms with van der Waals surface area (Å²) in [5, 5.41) is 6.72. The lowest BCUT2D eigenvalue weighted by molar-refractivity contribution is 0.669. The number of para-hydroxylation sites is 1. The first-order chi connectivity index (χ1) is 25.8. The van der Waals surface area contributed by atoms with Crippen molar-refractivity contribution >= 4 is 66.3 Å². The Morgan fingerprint density at radius 2 is 1.19 bits per heavy atom. The molecule has 5 heteroatoms. The zero-order chi connectivity index (χ0) is 34.2. The standard InChI is InChI=1S/C47H31N3O2/c1-2-12-28(13-3-1)45-48-46(50-47(49-45)38-27-29-14-4-5-15-31(29)33-16-6-7-17-34(33)38)36-20-11-23-42-44(36)43-32(19-10-22-41(43)52-42)30-24-25-40-37(26-30)35-18-8-9-21-39(35)51-40/h1-2,4-5,7-12,14-15,17-27H,3,6,13,16H2. The fourth-order valence-corrected chi connectivity index (χ4v) is 8.25. The number of aryl methyl sites for hydroxylation is 1. The molecule has 0 saturated heterocycles. The van der Waals surface area contributed by atoms with Crippen molar-refractivity contribution in [2.45, 2.75) is 25.7 Å². The average Bonchev–Trinajstić information content (AvgIpc) is 3.79. The fourth-order valence-electron chi connectivity index (χ4n) is 8.25. The summed E-state index contributed by atoms with van der Waals surface area (Å²) in [5.41, 5.74) is 11.2. The third-order valence-corrected chi connectivity index (χ3v) is 10.7. The van der Waals surface area contributed by atoms with Crippen molar-refractivity contribution in [2.75, 3.05) is 0 Å². The minimum atomic E-state index is 0.636. The summed E-state index contributed by atoms with van der Waals surface area (Å²) in [6.07, 6.45) is 14.8.